The Bertz CT molecular complexity index is 554. The molecule has 0 radical (unpaired) electrons. The molecule has 0 amide bonds. The summed E-state index contributed by atoms with van der Waals surface area (Å²) in [5.74, 6) is 1.91. The summed E-state index contributed by atoms with van der Waals surface area (Å²) < 4.78 is 11.1. The van der Waals surface area contributed by atoms with Crippen molar-refractivity contribution in [2.45, 2.75) is 19.3 Å². The van der Waals surface area contributed by atoms with Gasteiger partial charge in [0.15, 0.2) is 0 Å². The van der Waals surface area contributed by atoms with Gasteiger partial charge in [0.1, 0.15) is 11.5 Å². The molecule has 2 aromatic carbocycles. The topological polar surface area (TPSA) is 18.5 Å². The molecule has 2 aromatic rings. The lowest BCUT2D eigenvalue weighted by molar-refractivity contribution is 0.315. The molecule has 0 heterocycles. The molecule has 0 fully saturated rings. The van der Waals surface area contributed by atoms with E-state index in [1.807, 2.05) is 18.2 Å². The Labute approximate surface area is 135 Å². The minimum absolute atomic E-state index is 0.751. The molecule has 2 nitrogen and oxygen atoms in total. The standard InChI is InChI=1S/C18H21BrO2/c1-20-17-8-4-6-15(14-17)10-11-16-7-2-3-9-18(16)21-13-5-12-19/h2-4,6-9,14H,5,10-13H2,1H3. The van der Waals surface area contributed by atoms with Gasteiger partial charge >= 0.3 is 0 Å². The third kappa shape index (κ3) is 5.09. The molecule has 0 spiro atoms. The highest BCUT2D eigenvalue weighted by atomic mass is 79.9. The molecule has 2 rings (SSSR count). The van der Waals surface area contributed by atoms with Crippen molar-refractivity contribution in [2.24, 2.45) is 0 Å². The van der Waals surface area contributed by atoms with Crippen molar-refractivity contribution in [3.63, 3.8) is 0 Å². The number of para-hydroxylation sites is 1. The summed E-state index contributed by atoms with van der Waals surface area (Å²) in [5, 5.41) is 0.971. The fraction of sp³-hybridized carbons (Fsp3) is 0.333. The van der Waals surface area contributed by atoms with Crippen LogP contribution in [0.15, 0.2) is 48.5 Å². The molecule has 0 saturated carbocycles. The molecule has 0 aliphatic carbocycles. The van der Waals surface area contributed by atoms with Gasteiger partial charge in [0.25, 0.3) is 0 Å². The summed E-state index contributed by atoms with van der Waals surface area (Å²) in [7, 11) is 1.70. The Morgan fingerprint density at radius 2 is 1.86 bits per heavy atom. The van der Waals surface area contributed by atoms with E-state index in [0.717, 1.165) is 42.7 Å². The first-order valence-corrected chi connectivity index (χ1v) is 8.35. The SMILES string of the molecule is COc1cccc(CCc2ccccc2OCCCBr)c1. The van der Waals surface area contributed by atoms with Gasteiger partial charge in [-0.15, -0.1) is 0 Å². The second kappa shape index (κ2) is 8.73. The molecule has 0 aliphatic heterocycles. The van der Waals surface area contributed by atoms with Crippen LogP contribution in [0.25, 0.3) is 0 Å². The van der Waals surface area contributed by atoms with Gasteiger partial charge in [-0.3, -0.25) is 0 Å². The van der Waals surface area contributed by atoms with Gasteiger partial charge in [-0.2, -0.15) is 0 Å². The predicted octanol–water partition coefficient (Wildman–Crippen LogP) is 4.64. The number of benzene rings is 2. The van der Waals surface area contributed by atoms with Crippen LogP contribution in [0.3, 0.4) is 0 Å². The molecule has 0 unspecified atom stereocenters. The van der Waals surface area contributed by atoms with Crippen molar-refractivity contribution in [1.29, 1.82) is 0 Å². The Morgan fingerprint density at radius 3 is 2.67 bits per heavy atom. The quantitative estimate of drug-likeness (QED) is 0.510. The van der Waals surface area contributed by atoms with E-state index in [4.69, 9.17) is 9.47 Å². The number of rotatable bonds is 8. The first-order chi connectivity index (χ1) is 10.3. The average Bonchev–Trinajstić information content (AvgIpc) is 2.54. The molecule has 0 atom stereocenters. The van der Waals surface area contributed by atoms with Crippen molar-refractivity contribution in [3.8, 4) is 11.5 Å². The summed E-state index contributed by atoms with van der Waals surface area (Å²) in [6, 6.07) is 16.5. The first kappa shape index (κ1) is 15.9. The monoisotopic (exact) mass is 348 g/mol. The van der Waals surface area contributed by atoms with Gasteiger partial charge in [0.2, 0.25) is 0 Å². The van der Waals surface area contributed by atoms with Gasteiger partial charge in [-0.25, -0.2) is 0 Å². The Kier molecular flexibility index (Phi) is 6.61. The molecule has 0 N–H and O–H groups in total. The van der Waals surface area contributed by atoms with Crippen molar-refractivity contribution < 1.29 is 9.47 Å². The highest BCUT2D eigenvalue weighted by Gasteiger charge is 2.04. The normalized spacial score (nSPS) is 10.4. The third-order valence-electron chi connectivity index (χ3n) is 3.33. The molecule has 3 heteroatoms. The van der Waals surface area contributed by atoms with Crippen LogP contribution in [0.5, 0.6) is 11.5 Å². The number of alkyl halides is 1. The van der Waals surface area contributed by atoms with Crippen LogP contribution >= 0.6 is 15.9 Å². The van der Waals surface area contributed by atoms with Crippen molar-refractivity contribution >= 4 is 15.9 Å². The number of halogens is 1. The lowest BCUT2D eigenvalue weighted by Gasteiger charge is -2.11. The van der Waals surface area contributed by atoms with Gasteiger partial charge in [0.05, 0.1) is 13.7 Å². The Balaban J connectivity index is 1.98. The van der Waals surface area contributed by atoms with Crippen LogP contribution in [-0.2, 0) is 12.8 Å². The van der Waals surface area contributed by atoms with Gasteiger partial charge in [-0.05, 0) is 48.6 Å². The molecule has 0 bridgehead atoms. The smallest absolute Gasteiger partial charge is 0.122 e. The third-order valence-corrected chi connectivity index (χ3v) is 3.89. The number of aryl methyl sites for hydroxylation is 2. The summed E-state index contributed by atoms with van der Waals surface area (Å²) in [6.07, 6.45) is 2.97. The average molecular weight is 349 g/mol. The lowest BCUT2D eigenvalue weighted by atomic mass is 10.0. The number of ether oxygens (including phenoxy) is 2. The molecule has 0 aromatic heterocycles. The maximum Gasteiger partial charge on any atom is 0.122 e. The molecule has 21 heavy (non-hydrogen) atoms. The zero-order valence-corrected chi connectivity index (χ0v) is 13.9. The van der Waals surface area contributed by atoms with Crippen LogP contribution in [0.2, 0.25) is 0 Å². The predicted molar refractivity (Wildman–Crippen MR) is 90.8 cm³/mol. The zero-order chi connectivity index (χ0) is 14.9. The van der Waals surface area contributed by atoms with E-state index < -0.39 is 0 Å². The summed E-state index contributed by atoms with van der Waals surface area (Å²) in [4.78, 5) is 0. The van der Waals surface area contributed by atoms with Crippen LogP contribution in [0.4, 0.5) is 0 Å². The number of hydrogen-bond acceptors (Lipinski definition) is 2. The Morgan fingerprint density at radius 1 is 1.00 bits per heavy atom. The van der Waals surface area contributed by atoms with E-state index in [2.05, 4.69) is 46.3 Å². The first-order valence-electron chi connectivity index (χ1n) is 7.23. The van der Waals surface area contributed by atoms with Crippen LogP contribution in [0.1, 0.15) is 17.5 Å². The highest BCUT2D eigenvalue weighted by molar-refractivity contribution is 9.09. The number of hydrogen-bond donors (Lipinski definition) is 0. The fourth-order valence-corrected chi connectivity index (χ4v) is 2.42. The van der Waals surface area contributed by atoms with Crippen molar-refractivity contribution in [2.75, 3.05) is 19.0 Å². The minimum Gasteiger partial charge on any atom is -0.497 e. The van der Waals surface area contributed by atoms with Crippen molar-refractivity contribution in [3.05, 3.63) is 59.7 Å². The van der Waals surface area contributed by atoms with E-state index >= 15 is 0 Å². The van der Waals surface area contributed by atoms with E-state index in [1.165, 1.54) is 11.1 Å². The lowest BCUT2D eigenvalue weighted by Crippen LogP contribution is -2.01. The van der Waals surface area contributed by atoms with Gasteiger partial charge < -0.3 is 9.47 Å². The largest absolute Gasteiger partial charge is 0.497 e. The second-order valence-corrected chi connectivity index (χ2v) is 5.64. The van der Waals surface area contributed by atoms with Crippen LogP contribution in [0, 0.1) is 0 Å². The van der Waals surface area contributed by atoms with Gasteiger partial charge in [0, 0.05) is 5.33 Å². The maximum atomic E-state index is 5.86. The zero-order valence-electron chi connectivity index (χ0n) is 12.3. The minimum atomic E-state index is 0.751. The van der Waals surface area contributed by atoms with E-state index in [-0.39, 0.29) is 0 Å². The van der Waals surface area contributed by atoms with E-state index in [9.17, 15) is 0 Å². The second-order valence-electron chi connectivity index (χ2n) is 4.85. The summed E-state index contributed by atoms with van der Waals surface area (Å²) in [6.45, 7) is 0.751. The van der Waals surface area contributed by atoms with Gasteiger partial charge in [-0.1, -0.05) is 46.3 Å². The van der Waals surface area contributed by atoms with E-state index in [1.54, 1.807) is 7.11 Å². The summed E-state index contributed by atoms with van der Waals surface area (Å²) in [5.41, 5.74) is 2.54. The Hall–Kier alpha value is -1.48. The maximum absolute atomic E-state index is 5.86. The molecule has 0 aliphatic rings. The summed E-state index contributed by atoms with van der Waals surface area (Å²) >= 11 is 3.42. The van der Waals surface area contributed by atoms with E-state index in [0.29, 0.717) is 0 Å². The highest BCUT2D eigenvalue weighted by Crippen LogP contribution is 2.21. The fourth-order valence-electron chi connectivity index (χ4n) is 2.19. The molecular formula is C18H21BrO2. The van der Waals surface area contributed by atoms with Crippen molar-refractivity contribution in [1.82, 2.24) is 0 Å². The molecule has 0 saturated heterocycles. The van der Waals surface area contributed by atoms with Crippen LogP contribution < -0.4 is 9.47 Å². The molecular weight excluding hydrogens is 328 g/mol. The molecule has 112 valence electrons. The number of methoxy groups -OCH3 is 1. The van der Waals surface area contributed by atoms with Crippen LogP contribution in [-0.4, -0.2) is 19.0 Å².